The van der Waals surface area contributed by atoms with Crippen LogP contribution in [0.2, 0.25) is 0 Å². The third kappa shape index (κ3) is 4.34. The van der Waals surface area contributed by atoms with Gasteiger partial charge in [0.1, 0.15) is 0 Å². The van der Waals surface area contributed by atoms with E-state index in [1.165, 1.54) is 11.1 Å². The number of nitrogens with one attached hydrogen (secondary N) is 1. The lowest BCUT2D eigenvalue weighted by atomic mass is 9.94. The highest BCUT2D eigenvalue weighted by molar-refractivity contribution is 9.10. The van der Waals surface area contributed by atoms with Crippen molar-refractivity contribution < 1.29 is 4.79 Å². The van der Waals surface area contributed by atoms with Gasteiger partial charge in [0, 0.05) is 5.69 Å². The van der Waals surface area contributed by atoms with Crippen molar-refractivity contribution in [3.63, 3.8) is 0 Å². The third-order valence-electron chi connectivity index (χ3n) is 3.46. The first kappa shape index (κ1) is 17.2. The summed E-state index contributed by atoms with van der Waals surface area (Å²) < 4.78 is 0. The second-order valence-corrected chi connectivity index (χ2v) is 7.28. The topological polar surface area (TPSA) is 29.1 Å². The summed E-state index contributed by atoms with van der Waals surface area (Å²) in [6.07, 6.45) is 0. The Hall–Kier alpha value is -0.830. The van der Waals surface area contributed by atoms with Crippen LogP contribution in [-0.2, 0) is 4.79 Å². The summed E-state index contributed by atoms with van der Waals surface area (Å²) in [5.74, 6) is 1.18. The summed E-state index contributed by atoms with van der Waals surface area (Å²) in [6.45, 7) is 12.7. The molecule has 112 valence electrons. The first-order chi connectivity index (χ1) is 9.23. The number of alkyl halides is 1. The average Bonchev–Trinajstić information content (AvgIpc) is 2.37. The van der Waals surface area contributed by atoms with E-state index in [0.717, 1.165) is 5.69 Å². The van der Waals surface area contributed by atoms with Crippen molar-refractivity contribution in [2.75, 3.05) is 5.32 Å². The SMILES string of the molecule is CC(C)c1ccc(NC(=O)C(Br)C(C)C)c(C(C)C)c1. The van der Waals surface area contributed by atoms with Gasteiger partial charge in [-0.25, -0.2) is 0 Å². The zero-order valence-corrected chi connectivity index (χ0v) is 14.9. The molecule has 20 heavy (non-hydrogen) atoms. The van der Waals surface area contributed by atoms with Crippen LogP contribution < -0.4 is 5.32 Å². The molecule has 1 amide bonds. The Morgan fingerprint density at radius 2 is 1.65 bits per heavy atom. The van der Waals surface area contributed by atoms with Gasteiger partial charge in [-0.3, -0.25) is 4.79 Å². The fourth-order valence-corrected chi connectivity index (χ4v) is 2.15. The molecule has 0 fully saturated rings. The van der Waals surface area contributed by atoms with Crippen LogP contribution in [-0.4, -0.2) is 10.7 Å². The molecule has 1 unspecified atom stereocenters. The van der Waals surface area contributed by atoms with Crippen molar-refractivity contribution in [3.8, 4) is 0 Å². The van der Waals surface area contributed by atoms with Gasteiger partial charge < -0.3 is 5.32 Å². The monoisotopic (exact) mass is 339 g/mol. The smallest absolute Gasteiger partial charge is 0.238 e. The molecule has 0 bridgehead atoms. The van der Waals surface area contributed by atoms with Crippen LogP contribution in [0, 0.1) is 5.92 Å². The molecule has 3 heteroatoms. The number of halogens is 1. The lowest BCUT2D eigenvalue weighted by Gasteiger charge is -2.19. The molecule has 1 aromatic rings. The van der Waals surface area contributed by atoms with Crippen molar-refractivity contribution in [1.82, 2.24) is 0 Å². The predicted molar refractivity (Wildman–Crippen MR) is 90.8 cm³/mol. The van der Waals surface area contributed by atoms with Gasteiger partial charge in [-0.05, 0) is 34.9 Å². The maximum atomic E-state index is 12.2. The number of hydrogen-bond acceptors (Lipinski definition) is 1. The Kier molecular flexibility index (Phi) is 6.25. The molecule has 1 atom stereocenters. The van der Waals surface area contributed by atoms with Crippen molar-refractivity contribution in [2.45, 2.75) is 58.2 Å². The standard InChI is InChI=1S/C17H26BrNO/c1-10(2)13-7-8-15(14(9-13)11(3)4)19-17(20)16(18)12(5)6/h7-12,16H,1-6H3,(H,19,20). The molecule has 0 saturated heterocycles. The van der Waals surface area contributed by atoms with Crippen molar-refractivity contribution in [3.05, 3.63) is 29.3 Å². The van der Waals surface area contributed by atoms with Gasteiger partial charge in [-0.15, -0.1) is 0 Å². The maximum Gasteiger partial charge on any atom is 0.238 e. The Morgan fingerprint density at radius 3 is 2.10 bits per heavy atom. The Labute approximate surface area is 131 Å². The van der Waals surface area contributed by atoms with E-state index in [4.69, 9.17) is 0 Å². The molecule has 0 aliphatic carbocycles. The summed E-state index contributed by atoms with van der Waals surface area (Å²) in [5, 5.41) is 3.05. The molecule has 1 aromatic carbocycles. The Bertz CT molecular complexity index is 466. The summed E-state index contributed by atoms with van der Waals surface area (Å²) >= 11 is 3.45. The summed E-state index contributed by atoms with van der Waals surface area (Å²) in [6, 6.07) is 6.34. The largest absolute Gasteiger partial charge is 0.325 e. The predicted octanol–water partition coefficient (Wildman–Crippen LogP) is 5.29. The maximum absolute atomic E-state index is 12.2. The highest BCUT2D eigenvalue weighted by Gasteiger charge is 2.20. The minimum absolute atomic E-state index is 0.0270. The van der Waals surface area contributed by atoms with Crippen LogP contribution in [0.15, 0.2) is 18.2 Å². The van der Waals surface area contributed by atoms with E-state index in [2.05, 4.69) is 61.1 Å². The van der Waals surface area contributed by atoms with Crippen molar-refractivity contribution >= 4 is 27.5 Å². The molecule has 0 saturated carbocycles. The van der Waals surface area contributed by atoms with Gasteiger partial charge in [0.15, 0.2) is 0 Å². The van der Waals surface area contributed by atoms with Crippen LogP contribution in [0.1, 0.15) is 64.5 Å². The van der Waals surface area contributed by atoms with Gasteiger partial charge in [0.25, 0.3) is 0 Å². The normalized spacial score (nSPS) is 13.1. The first-order valence-corrected chi connectivity index (χ1v) is 8.24. The number of anilines is 1. The van der Waals surface area contributed by atoms with Crippen LogP contribution in [0.5, 0.6) is 0 Å². The minimum atomic E-state index is -0.160. The third-order valence-corrected chi connectivity index (χ3v) is 4.93. The molecule has 1 N–H and O–H groups in total. The molecule has 0 aliphatic heterocycles. The summed E-state index contributed by atoms with van der Waals surface area (Å²) in [5.41, 5.74) is 3.44. The average molecular weight is 340 g/mol. The molecular weight excluding hydrogens is 314 g/mol. The molecule has 2 nitrogen and oxygen atoms in total. The van der Waals surface area contributed by atoms with Gasteiger partial charge in [0.2, 0.25) is 5.91 Å². The van der Waals surface area contributed by atoms with E-state index in [1.54, 1.807) is 0 Å². The molecule has 0 radical (unpaired) electrons. The lowest BCUT2D eigenvalue weighted by Crippen LogP contribution is -2.27. The first-order valence-electron chi connectivity index (χ1n) is 7.32. The van der Waals surface area contributed by atoms with Crippen LogP contribution >= 0.6 is 15.9 Å². The number of amides is 1. The second kappa shape index (κ2) is 7.26. The summed E-state index contributed by atoms with van der Waals surface area (Å²) in [7, 11) is 0. The molecule has 1 rings (SSSR count). The zero-order chi connectivity index (χ0) is 15.4. The zero-order valence-electron chi connectivity index (χ0n) is 13.3. The van der Waals surface area contributed by atoms with Gasteiger partial charge in [-0.2, -0.15) is 0 Å². The minimum Gasteiger partial charge on any atom is -0.325 e. The number of rotatable bonds is 5. The van der Waals surface area contributed by atoms with Crippen LogP contribution in [0.4, 0.5) is 5.69 Å². The second-order valence-electron chi connectivity index (χ2n) is 6.29. The molecule has 0 aromatic heterocycles. The summed E-state index contributed by atoms with van der Waals surface area (Å²) in [4.78, 5) is 12.0. The van der Waals surface area contributed by atoms with Crippen LogP contribution in [0.25, 0.3) is 0 Å². The van der Waals surface area contributed by atoms with Gasteiger partial charge in [0.05, 0.1) is 4.83 Å². The van der Waals surface area contributed by atoms with Crippen molar-refractivity contribution in [2.24, 2.45) is 5.92 Å². The molecular formula is C17H26BrNO. The van der Waals surface area contributed by atoms with E-state index in [9.17, 15) is 4.79 Å². The van der Waals surface area contributed by atoms with E-state index in [0.29, 0.717) is 11.8 Å². The fraction of sp³-hybridized carbons (Fsp3) is 0.588. The number of carbonyl (C=O) groups is 1. The number of carbonyl (C=O) groups excluding carboxylic acids is 1. The molecule has 0 aliphatic rings. The quantitative estimate of drug-likeness (QED) is 0.725. The number of hydrogen-bond donors (Lipinski definition) is 1. The molecule has 0 heterocycles. The van der Waals surface area contributed by atoms with Gasteiger partial charge >= 0.3 is 0 Å². The van der Waals surface area contributed by atoms with Crippen LogP contribution in [0.3, 0.4) is 0 Å². The Balaban J connectivity index is 3.03. The van der Waals surface area contributed by atoms with E-state index in [-0.39, 0.29) is 16.7 Å². The highest BCUT2D eigenvalue weighted by Crippen LogP contribution is 2.29. The molecule has 0 spiro atoms. The van der Waals surface area contributed by atoms with E-state index >= 15 is 0 Å². The highest BCUT2D eigenvalue weighted by atomic mass is 79.9. The van der Waals surface area contributed by atoms with Gasteiger partial charge in [-0.1, -0.05) is 69.6 Å². The Morgan fingerprint density at radius 1 is 1.05 bits per heavy atom. The fourth-order valence-electron chi connectivity index (χ4n) is 2.04. The lowest BCUT2D eigenvalue weighted by molar-refractivity contribution is -0.116. The van der Waals surface area contributed by atoms with E-state index in [1.807, 2.05) is 19.9 Å². The van der Waals surface area contributed by atoms with Crippen molar-refractivity contribution in [1.29, 1.82) is 0 Å². The van der Waals surface area contributed by atoms with E-state index < -0.39 is 0 Å². The number of benzene rings is 1.